The highest BCUT2D eigenvalue weighted by atomic mass is 19.2. The molecule has 0 aliphatic rings. The first-order valence-electron chi connectivity index (χ1n) is 5.40. The smallest absolute Gasteiger partial charge is 0.200 e. The van der Waals surface area contributed by atoms with Crippen molar-refractivity contribution >= 4 is 0 Å². The first-order chi connectivity index (χ1) is 8.65. The predicted octanol–water partition coefficient (Wildman–Crippen LogP) is 3.06. The second kappa shape index (κ2) is 5.14. The van der Waals surface area contributed by atoms with Crippen LogP contribution in [0.25, 0.3) is 0 Å². The van der Waals surface area contributed by atoms with Gasteiger partial charge in [0.2, 0.25) is 5.82 Å². The fourth-order valence-corrected chi connectivity index (χ4v) is 1.78. The highest BCUT2D eigenvalue weighted by Gasteiger charge is 2.20. The summed E-state index contributed by atoms with van der Waals surface area (Å²) < 4.78 is 31.4. The summed E-state index contributed by atoms with van der Waals surface area (Å²) in [4.78, 5) is 0. The molecular formula is C14H12F2O2. The molecule has 0 radical (unpaired) electrons. The Hall–Kier alpha value is -1.94. The van der Waals surface area contributed by atoms with Gasteiger partial charge in [0.25, 0.3) is 0 Å². The summed E-state index contributed by atoms with van der Waals surface area (Å²) in [7, 11) is 1.24. The molecule has 1 N–H and O–H groups in total. The van der Waals surface area contributed by atoms with E-state index in [0.29, 0.717) is 5.56 Å². The molecule has 0 spiro atoms. The predicted molar refractivity (Wildman–Crippen MR) is 63.4 cm³/mol. The standard InChI is InChI=1S/C14H12F2O2/c1-18-14-10(7-8-11(15)12(14)16)13(17)9-5-3-2-4-6-9/h2-8,13,17H,1H3. The van der Waals surface area contributed by atoms with Crippen LogP contribution in [0.1, 0.15) is 17.2 Å². The molecule has 0 fully saturated rings. The molecule has 1 atom stereocenters. The van der Waals surface area contributed by atoms with E-state index < -0.39 is 17.7 Å². The summed E-state index contributed by atoms with van der Waals surface area (Å²) in [6.07, 6.45) is -1.06. The van der Waals surface area contributed by atoms with Crippen molar-refractivity contribution in [3.8, 4) is 5.75 Å². The van der Waals surface area contributed by atoms with E-state index in [1.165, 1.54) is 13.2 Å². The van der Waals surface area contributed by atoms with Crippen molar-refractivity contribution < 1.29 is 18.6 Å². The summed E-state index contributed by atoms with van der Waals surface area (Å²) in [6.45, 7) is 0. The zero-order valence-electron chi connectivity index (χ0n) is 9.73. The van der Waals surface area contributed by atoms with Gasteiger partial charge in [-0.25, -0.2) is 4.39 Å². The van der Waals surface area contributed by atoms with Crippen LogP contribution in [0.2, 0.25) is 0 Å². The molecule has 18 heavy (non-hydrogen) atoms. The minimum atomic E-state index is -1.09. The zero-order valence-corrected chi connectivity index (χ0v) is 9.73. The minimum Gasteiger partial charge on any atom is -0.493 e. The summed E-state index contributed by atoms with van der Waals surface area (Å²) in [5.41, 5.74) is 0.782. The van der Waals surface area contributed by atoms with Crippen LogP contribution in [0, 0.1) is 11.6 Å². The molecule has 2 nitrogen and oxygen atoms in total. The van der Waals surface area contributed by atoms with E-state index in [2.05, 4.69) is 0 Å². The van der Waals surface area contributed by atoms with Gasteiger partial charge in [0.05, 0.1) is 7.11 Å². The molecule has 94 valence electrons. The van der Waals surface area contributed by atoms with Crippen molar-refractivity contribution in [3.63, 3.8) is 0 Å². The fourth-order valence-electron chi connectivity index (χ4n) is 1.78. The lowest BCUT2D eigenvalue weighted by Gasteiger charge is -2.15. The second-order valence-electron chi connectivity index (χ2n) is 3.80. The van der Waals surface area contributed by atoms with Gasteiger partial charge in [0.15, 0.2) is 11.6 Å². The average Bonchev–Trinajstić information content (AvgIpc) is 2.42. The molecule has 0 amide bonds. The Bertz CT molecular complexity index is 541. The molecular weight excluding hydrogens is 238 g/mol. The Morgan fingerprint density at radius 1 is 1.06 bits per heavy atom. The third-order valence-corrected chi connectivity index (χ3v) is 2.69. The third kappa shape index (κ3) is 2.19. The van der Waals surface area contributed by atoms with Gasteiger partial charge in [-0.15, -0.1) is 0 Å². The monoisotopic (exact) mass is 250 g/mol. The van der Waals surface area contributed by atoms with Crippen molar-refractivity contribution in [3.05, 3.63) is 65.2 Å². The molecule has 0 bridgehead atoms. The topological polar surface area (TPSA) is 29.5 Å². The Labute approximate surface area is 103 Å². The van der Waals surface area contributed by atoms with Crippen LogP contribution in [0.15, 0.2) is 42.5 Å². The zero-order chi connectivity index (χ0) is 13.1. The lowest BCUT2D eigenvalue weighted by Crippen LogP contribution is -2.05. The summed E-state index contributed by atoms with van der Waals surface area (Å²) in [5.74, 6) is -2.37. The number of aliphatic hydroxyl groups is 1. The molecule has 2 aromatic rings. The van der Waals surface area contributed by atoms with Gasteiger partial charge in [-0.1, -0.05) is 30.3 Å². The van der Waals surface area contributed by atoms with E-state index >= 15 is 0 Å². The van der Waals surface area contributed by atoms with Crippen molar-refractivity contribution in [1.82, 2.24) is 0 Å². The summed E-state index contributed by atoms with van der Waals surface area (Å²) in [6, 6.07) is 11.0. The molecule has 0 aliphatic carbocycles. The molecule has 0 saturated carbocycles. The molecule has 2 aromatic carbocycles. The van der Waals surface area contributed by atoms with E-state index in [0.717, 1.165) is 6.07 Å². The maximum absolute atomic E-state index is 13.5. The van der Waals surface area contributed by atoms with E-state index in [1.54, 1.807) is 30.3 Å². The number of hydrogen-bond acceptors (Lipinski definition) is 2. The quantitative estimate of drug-likeness (QED) is 0.907. The van der Waals surface area contributed by atoms with Gasteiger partial charge in [-0.3, -0.25) is 0 Å². The minimum absolute atomic E-state index is 0.197. The number of rotatable bonds is 3. The van der Waals surface area contributed by atoms with Crippen LogP contribution < -0.4 is 4.74 Å². The Balaban J connectivity index is 2.49. The van der Waals surface area contributed by atoms with Crippen molar-refractivity contribution in [2.24, 2.45) is 0 Å². The van der Waals surface area contributed by atoms with Crippen molar-refractivity contribution in [1.29, 1.82) is 0 Å². The number of benzene rings is 2. The van der Waals surface area contributed by atoms with Gasteiger partial charge in [0.1, 0.15) is 6.10 Å². The summed E-state index contributed by atoms with van der Waals surface area (Å²) in [5, 5.41) is 10.2. The summed E-state index contributed by atoms with van der Waals surface area (Å²) >= 11 is 0. The van der Waals surface area contributed by atoms with Crippen molar-refractivity contribution in [2.45, 2.75) is 6.10 Å². The number of hydrogen-bond donors (Lipinski definition) is 1. The highest BCUT2D eigenvalue weighted by molar-refractivity contribution is 5.41. The lowest BCUT2D eigenvalue weighted by molar-refractivity contribution is 0.212. The van der Waals surface area contributed by atoms with Crippen molar-refractivity contribution in [2.75, 3.05) is 7.11 Å². The number of methoxy groups -OCH3 is 1. The first kappa shape index (κ1) is 12.5. The van der Waals surface area contributed by atoms with E-state index in [-0.39, 0.29) is 11.3 Å². The van der Waals surface area contributed by atoms with Gasteiger partial charge in [-0.05, 0) is 17.7 Å². The van der Waals surface area contributed by atoms with Crippen LogP contribution in [0.3, 0.4) is 0 Å². The molecule has 1 unspecified atom stereocenters. The molecule has 0 aromatic heterocycles. The lowest BCUT2D eigenvalue weighted by atomic mass is 10.0. The third-order valence-electron chi connectivity index (χ3n) is 2.69. The molecule has 0 heterocycles. The van der Waals surface area contributed by atoms with Gasteiger partial charge in [0, 0.05) is 5.56 Å². The van der Waals surface area contributed by atoms with Gasteiger partial charge < -0.3 is 9.84 Å². The number of aliphatic hydroxyl groups excluding tert-OH is 1. The van der Waals surface area contributed by atoms with E-state index in [1.807, 2.05) is 0 Å². The maximum atomic E-state index is 13.5. The SMILES string of the molecule is COc1c(C(O)c2ccccc2)ccc(F)c1F. The van der Waals surface area contributed by atoms with E-state index in [4.69, 9.17) is 4.74 Å². The van der Waals surface area contributed by atoms with Crippen LogP contribution in [-0.4, -0.2) is 12.2 Å². The van der Waals surface area contributed by atoms with Crippen LogP contribution in [0.4, 0.5) is 8.78 Å². The van der Waals surface area contributed by atoms with Gasteiger partial charge >= 0.3 is 0 Å². The largest absolute Gasteiger partial charge is 0.493 e. The number of halogens is 2. The van der Waals surface area contributed by atoms with E-state index in [9.17, 15) is 13.9 Å². The molecule has 0 saturated heterocycles. The average molecular weight is 250 g/mol. The van der Waals surface area contributed by atoms with Crippen LogP contribution >= 0.6 is 0 Å². The molecule has 2 rings (SSSR count). The van der Waals surface area contributed by atoms with Crippen LogP contribution in [-0.2, 0) is 0 Å². The Kier molecular flexibility index (Phi) is 3.58. The Morgan fingerprint density at radius 3 is 2.33 bits per heavy atom. The highest BCUT2D eigenvalue weighted by Crippen LogP contribution is 2.33. The fraction of sp³-hybridized carbons (Fsp3) is 0.143. The number of ether oxygens (including phenoxy) is 1. The second-order valence-corrected chi connectivity index (χ2v) is 3.80. The maximum Gasteiger partial charge on any atom is 0.200 e. The normalized spacial score (nSPS) is 12.2. The van der Waals surface area contributed by atoms with Crippen LogP contribution in [0.5, 0.6) is 5.75 Å². The first-order valence-corrected chi connectivity index (χ1v) is 5.40. The molecule has 0 aliphatic heterocycles. The molecule has 4 heteroatoms. The van der Waals surface area contributed by atoms with Gasteiger partial charge in [-0.2, -0.15) is 4.39 Å². The Morgan fingerprint density at radius 2 is 1.72 bits per heavy atom.